The molecule has 0 spiro atoms. The third-order valence-electron chi connectivity index (χ3n) is 4.49. The van der Waals surface area contributed by atoms with E-state index in [-0.39, 0.29) is 17.2 Å². The fourth-order valence-electron chi connectivity index (χ4n) is 2.98. The van der Waals surface area contributed by atoms with Crippen molar-refractivity contribution in [2.45, 2.75) is 45.1 Å². The first-order valence-corrected chi connectivity index (χ1v) is 8.36. The van der Waals surface area contributed by atoms with Crippen LogP contribution < -0.4 is 5.32 Å². The summed E-state index contributed by atoms with van der Waals surface area (Å²) >= 11 is 2.29. The molecule has 118 valence electrons. The molecule has 6 nitrogen and oxygen atoms in total. The quantitative estimate of drug-likeness (QED) is 0.431. The Balaban J connectivity index is 1.99. The van der Waals surface area contributed by atoms with Crippen LogP contribution in [0.15, 0.2) is 0 Å². The van der Waals surface area contributed by atoms with Gasteiger partial charge in [-0.15, -0.1) is 0 Å². The average Bonchev–Trinajstić information content (AvgIpc) is 2.45. The summed E-state index contributed by atoms with van der Waals surface area (Å²) in [4.78, 5) is 36.7. The average molecular weight is 407 g/mol. The molecule has 0 bridgehead atoms. The Hall–Kier alpha value is -0.700. The van der Waals surface area contributed by atoms with Crippen LogP contribution in [0.25, 0.3) is 0 Å². The van der Waals surface area contributed by atoms with E-state index in [2.05, 4.69) is 38.2 Å². The second-order valence-corrected chi connectivity index (χ2v) is 7.62. The summed E-state index contributed by atoms with van der Waals surface area (Å²) in [7, 11) is 0. The minimum absolute atomic E-state index is 0.0782. The van der Waals surface area contributed by atoms with Crippen molar-refractivity contribution in [2.75, 3.05) is 19.6 Å². The smallest absolute Gasteiger partial charge is 0.243 e. The maximum atomic E-state index is 12.5. The lowest BCUT2D eigenvalue weighted by Crippen LogP contribution is -2.53. The topological polar surface area (TPSA) is 69.7 Å². The molecule has 0 radical (unpaired) electrons. The normalized spacial score (nSPS) is 26.0. The molecule has 0 aliphatic carbocycles. The second kappa shape index (κ2) is 7.04. The van der Waals surface area contributed by atoms with Crippen LogP contribution in [0, 0.1) is 5.41 Å². The van der Waals surface area contributed by atoms with Crippen LogP contribution in [-0.4, -0.2) is 51.9 Å². The van der Waals surface area contributed by atoms with Gasteiger partial charge in [-0.05, 0) is 31.1 Å². The SMILES string of the molecule is CC1(CC(=O)N(C=O)C2CCCNC2=O)CCN(I)CC1. The van der Waals surface area contributed by atoms with E-state index in [1.54, 1.807) is 0 Å². The van der Waals surface area contributed by atoms with Crippen molar-refractivity contribution in [3.05, 3.63) is 0 Å². The number of hydrogen-bond donors (Lipinski definition) is 1. The van der Waals surface area contributed by atoms with Gasteiger partial charge in [0.25, 0.3) is 0 Å². The molecule has 2 aliphatic rings. The highest BCUT2D eigenvalue weighted by molar-refractivity contribution is 14.1. The largest absolute Gasteiger partial charge is 0.354 e. The zero-order valence-corrected chi connectivity index (χ0v) is 14.5. The van der Waals surface area contributed by atoms with Crippen LogP contribution in [-0.2, 0) is 14.4 Å². The number of imide groups is 1. The summed E-state index contributed by atoms with van der Waals surface area (Å²) in [6, 6.07) is -0.628. The molecule has 2 aliphatic heterocycles. The van der Waals surface area contributed by atoms with E-state index in [1.807, 2.05) is 0 Å². The van der Waals surface area contributed by atoms with E-state index in [0.717, 1.165) is 37.3 Å². The Morgan fingerprint density at radius 1 is 1.52 bits per heavy atom. The summed E-state index contributed by atoms with van der Waals surface area (Å²) < 4.78 is 2.22. The van der Waals surface area contributed by atoms with Crippen LogP contribution in [0.5, 0.6) is 0 Å². The van der Waals surface area contributed by atoms with E-state index in [9.17, 15) is 14.4 Å². The minimum Gasteiger partial charge on any atom is -0.354 e. The molecule has 0 aromatic rings. The highest BCUT2D eigenvalue weighted by atomic mass is 127. The van der Waals surface area contributed by atoms with Crippen molar-refractivity contribution in [3.8, 4) is 0 Å². The molecule has 2 fully saturated rings. The molecular formula is C14H22IN3O3. The standard InChI is InChI=1S/C14H22IN3O3/c1-14(4-7-17(15)8-5-14)9-12(20)18(10-19)11-3-2-6-16-13(11)21/h10-11H,2-9H2,1H3,(H,16,21). The Kier molecular flexibility index (Phi) is 5.59. The molecule has 0 aromatic carbocycles. The minimum atomic E-state index is -0.628. The van der Waals surface area contributed by atoms with Crippen LogP contribution in [0.1, 0.15) is 39.0 Å². The highest BCUT2D eigenvalue weighted by Crippen LogP contribution is 2.36. The number of piperidine rings is 2. The number of carbonyl (C=O) groups is 3. The highest BCUT2D eigenvalue weighted by Gasteiger charge is 2.37. The Morgan fingerprint density at radius 2 is 2.19 bits per heavy atom. The Morgan fingerprint density at radius 3 is 2.76 bits per heavy atom. The molecule has 0 aromatic heterocycles. The van der Waals surface area contributed by atoms with Crippen molar-refractivity contribution in [1.29, 1.82) is 0 Å². The molecule has 2 rings (SSSR count). The van der Waals surface area contributed by atoms with Crippen LogP contribution in [0.3, 0.4) is 0 Å². The second-order valence-electron chi connectivity index (χ2n) is 6.25. The van der Waals surface area contributed by atoms with Crippen molar-refractivity contribution in [1.82, 2.24) is 13.3 Å². The molecule has 2 heterocycles. The van der Waals surface area contributed by atoms with Crippen LogP contribution in [0.2, 0.25) is 0 Å². The van der Waals surface area contributed by atoms with E-state index in [0.29, 0.717) is 25.8 Å². The predicted octanol–water partition coefficient (Wildman–Crippen LogP) is 1.09. The van der Waals surface area contributed by atoms with Crippen molar-refractivity contribution < 1.29 is 14.4 Å². The molecule has 7 heteroatoms. The molecule has 1 N–H and O–H groups in total. The van der Waals surface area contributed by atoms with Crippen molar-refractivity contribution in [2.24, 2.45) is 5.41 Å². The van der Waals surface area contributed by atoms with E-state index < -0.39 is 6.04 Å². The molecule has 3 amide bonds. The lowest BCUT2D eigenvalue weighted by Gasteiger charge is -2.38. The zero-order valence-electron chi connectivity index (χ0n) is 12.3. The first-order valence-electron chi connectivity index (χ1n) is 7.40. The number of rotatable bonds is 4. The predicted molar refractivity (Wildman–Crippen MR) is 86.5 cm³/mol. The Bertz CT molecular complexity index is 422. The fraction of sp³-hybridized carbons (Fsp3) is 0.786. The van der Waals surface area contributed by atoms with Gasteiger partial charge in [0.05, 0.1) is 0 Å². The van der Waals surface area contributed by atoms with Gasteiger partial charge in [-0.2, -0.15) is 0 Å². The monoisotopic (exact) mass is 407 g/mol. The number of hydrogen-bond acceptors (Lipinski definition) is 4. The molecular weight excluding hydrogens is 385 g/mol. The molecule has 0 saturated carbocycles. The maximum Gasteiger partial charge on any atom is 0.243 e. The third-order valence-corrected chi connectivity index (χ3v) is 5.45. The maximum absolute atomic E-state index is 12.5. The summed E-state index contributed by atoms with van der Waals surface area (Å²) in [6.45, 7) is 4.63. The van der Waals surface area contributed by atoms with Gasteiger partial charge in [-0.3, -0.25) is 19.3 Å². The molecule has 1 unspecified atom stereocenters. The van der Waals surface area contributed by atoms with Gasteiger partial charge < -0.3 is 5.32 Å². The van der Waals surface area contributed by atoms with E-state index >= 15 is 0 Å². The van der Waals surface area contributed by atoms with Crippen LogP contribution in [0.4, 0.5) is 0 Å². The summed E-state index contributed by atoms with van der Waals surface area (Å²) in [5, 5.41) is 2.72. The van der Waals surface area contributed by atoms with Gasteiger partial charge >= 0.3 is 0 Å². The molecule has 21 heavy (non-hydrogen) atoms. The van der Waals surface area contributed by atoms with E-state index in [1.165, 1.54) is 0 Å². The summed E-state index contributed by atoms with van der Waals surface area (Å²) in [6.07, 6.45) is 4.09. The van der Waals surface area contributed by atoms with Gasteiger partial charge in [-0.1, -0.05) is 6.92 Å². The fourth-order valence-corrected chi connectivity index (χ4v) is 3.46. The Labute approximate surface area is 139 Å². The number of halogens is 1. The number of carbonyl (C=O) groups excluding carboxylic acids is 3. The summed E-state index contributed by atoms with van der Waals surface area (Å²) in [5.41, 5.74) is -0.0782. The lowest BCUT2D eigenvalue weighted by molar-refractivity contribution is -0.149. The first kappa shape index (κ1) is 16.7. The summed E-state index contributed by atoms with van der Waals surface area (Å²) in [5.74, 6) is -0.439. The van der Waals surface area contributed by atoms with Gasteiger partial charge in [0.15, 0.2) is 0 Å². The number of nitrogens with zero attached hydrogens (tertiary/aromatic N) is 2. The number of amides is 3. The molecule has 2 saturated heterocycles. The van der Waals surface area contributed by atoms with Crippen molar-refractivity contribution in [3.63, 3.8) is 0 Å². The molecule has 1 atom stereocenters. The van der Waals surface area contributed by atoms with Gasteiger partial charge in [0.1, 0.15) is 6.04 Å². The van der Waals surface area contributed by atoms with E-state index in [4.69, 9.17) is 0 Å². The van der Waals surface area contributed by atoms with Crippen molar-refractivity contribution >= 4 is 41.1 Å². The van der Waals surface area contributed by atoms with Gasteiger partial charge in [0.2, 0.25) is 18.2 Å². The lowest BCUT2D eigenvalue weighted by atomic mass is 9.77. The van der Waals surface area contributed by atoms with Gasteiger partial charge in [0, 0.05) is 48.9 Å². The van der Waals surface area contributed by atoms with Gasteiger partial charge in [-0.25, -0.2) is 3.11 Å². The zero-order chi connectivity index (χ0) is 15.5. The van der Waals surface area contributed by atoms with Crippen LogP contribution >= 0.6 is 22.9 Å². The number of nitrogens with one attached hydrogen (secondary N) is 1. The first-order chi connectivity index (χ1) is 9.95. The third kappa shape index (κ3) is 4.15.